The van der Waals surface area contributed by atoms with Gasteiger partial charge in [0.2, 0.25) is 0 Å². The number of nitrogens with one attached hydrogen (secondary N) is 3. The second kappa shape index (κ2) is 7.04. The quantitative estimate of drug-likeness (QED) is 0.772. The van der Waals surface area contributed by atoms with Gasteiger partial charge in [-0.15, -0.1) is 0 Å². The van der Waals surface area contributed by atoms with Crippen LogP contribution in [0.3, 0.4) is 0 Å². The fraction of sp³-hybridized carbons (Fsp3) is 0.444. The van der Waals surface area contributed by atoms with Gasteiger partial charge in [0.1, 0.15) is 5.82 Å². The number of hydrogen-bond acceptors (Lipinski definition) is 4. The van der Waals surface area contributed by atoms with Crippen molar-refractivity contribution in [2.24, 2.45) is 7.05 Å². The Bertz CT molecular complexity index is 850. The van der Waals surface area contributed by atoms with Gasteiger partial charge < -0.3 is 16.0 Å². The van der Waals surface area contributed by atoms with Gasteiger partial charge in [0, 0.05) is 37.9 Å². The highest BCUT2D eigenvalue weighted by Gasteiger charge is 2.21. The number of anilines is 2. The Morgan fingerprint density at radius 1 is 1.36 bits per heavy atom. The van der Waals surface area contributed by atoms with Crippen LogP contribution in [0, 0.1) is 6.92 Å². The summed E-state index contributed by atoms with van der Waals surface area (Å²) in [6.07, 6.45) is 0.983. The van der Waals surface area contributed by atoms with Gasteiger partial charge in [-0.3, -0.25) is 19.0 Å². The number of hydrogen-bond donors (Lipinski definition) is 3. The molecule has 25 heavy (non-hydrogen) atoms. The lowest BCUT2D eigenvalue weighted by atomic mass is 10.1. The molecule has 0 spiro atoms. The lowest BCUT2D eigenvalue weighted by Crippen LogP contribution is -2.27. The van der Waals surface area contributed by atoms with E-state index in [-0.39, 0.29) is 18.0 Å². The summed E-state index contributed by atoms with van der Waals surface area (Å²) >= 11 is 0. The molecule has 0 radical (unpaired) electrons. The summed E-state index contributed by atoms with van der Waals surface area (Å²) in [5.41, 5.74) is 3.02. The molecule has 3 rings (SSSR count). The van der Waals surface area contributed by atoms with E-state index in [1.54, 1.807) is 17.8 Å². The number of aromatic nitrogens is 2. The van der Waals surface area contributed by atoms with E-state index in [1.807, 2.05) is 30.7 Å². The van der Waals surface area contributed by atoms with Gasteiger partial charge in [-0.2, -0.15) is 0 Å². The molecule has 3 N–H and O–H groups in total. The van der Waals surface area contributed by atoms with Crippen molar-refractivity contribution in [1.82, 2.24) is 14.7 Å². The molecule has 134 valence electrons. The molecule has 0 bridgehead atoms. The molecule has 0 saturated heterocycles. The van der Waals surface area contributed by atoms with Crippen LogP contribution in [0.4, 0.5) is 11.5 Å². The van der Waals surface area contributed by atoms with Crippen LogP contribution in [0.2, 0.25) is 0 Å². The highest BCUT2D eigenvalue weighted by Crippen LogP contribution is 2.20. The molecule has 1 aliphatic heterocycles. The minimum atomic E-state index is -0.171. The van der Waals surface area contributed by atoms with E-state index in [9.17, 15) is 9.59 Å². The van der Waals surface area contributed by atoms with Crippen LogP contribution in [0.1, 0.15) is 34.8 Å². The smallest absolute Gasteiger partial charge is 0.273 e. The number of fused-ring (bicyclic) bond motifs is 1. The molecule has 0 saturated carbocycles. The summed E-state index contributed by atoms with van der Waals surface area (Å²) in [6.45, 7) is 6.61. The Morgan fingerprint density at radius 2 is 2.16 bits per heavy atom. The maximum Gasteiger partial charge on any atom is 0.273 e. The van der Waals surface area contributed by atoms with E-state index < -0.39 is 0 Å². The molecule has 1 aromatic carbocycles. The molecular weight excluding hydrogens is 318 g/mol. The molecule has 2 aromatic rings. The zero-order valence-electron chi connectivity index (χ0n) is 15.0. The van der Waals surface area contributed by atoms with Crippen molar-refractivity contribution in [3.05, 3.63) is 45.2 Å². The molecule has 7 nitrogen and oxygen atoms in total. The van der Waals surface area contributed by atoms with Crippen molar-refractivity contribution in [2.75, 3.05) is 23.7 Å². The third-order valence-electron chi connectivity index (χ3n) is 4.67. The van der Waals surface area contributed by atoms with Crippen LogP contribution < -0.4 is 21.5 Å². The number of nitrogens with zero attached hydrogens (tertiary/aromatic N) is 2. The lowest BCUT2D eigenvalue weighted by molar-refractivity contribution is 0.0950. The first kappa shape index (κ1) is 17.1. The SMILES string of the molecule is CCNc1cccc(C(=O)NCc2c3n(n(C)c2=O)CCCN3)c1C. The highest BCUT2D eigenvalue weighted by atomic mass is 16.2. The fourth-order valence-corrected chi connectivity index (χ4v) is 3.29. The van der Waals surface area contributed by atoms with Gasteiger partial charge in [-0.25, -0.2) is 0 Å². The molecule has 0 atom stereocenters. The first-order valence-electron chi connectivity index (χ1n) is 8.68. The van der Waals surface area contributed by atoms with Crippen LogP contribution in [0.5, 0.6) is 0 Å². The van der Waals surface area contributed by atoms with Gasteiger partial charge in [0.25, 0.3) is 11.5 Å². The van der Waals surface area contributed by atoms with Gasteiger partial charge >= 0.3 is 0 Å². The summed E-state index contributed by atoms with van der Waals surface area (Å²) in [5, 5.41) is 9.42. The van der Waals surface area contributed by atoms with Gasteiger partial charge in [0.15, 0.2) is 0 Å². The number of carbonyl (C=O) groups excluding carboxylic acids is 1. The zero-order valence-corrected chi connectivity index (χ0v) is 15.0. The standard InChI is InChI=1S/C18H25N5O2/c1-4-19-15-8-5-7-13(12(15)2)17(24)21-11-14-16-20-9-6-10-23(16)22(3)18(14)25/h5,7-8,19-20H,4,6,9-11H2,1-3H3,(H,21,24). The van der Waals surface area contributed by atoms with Crippen molar-refractivity contribution >= 4 is 17.4 Å². The lowest BCUT2D eigenvalue weighted by Gasteiger charge is -2.19. The van der Waals surface area contributed by atoms with Crippen LogP contribution in [0.25, 0.3) is 0 Å². The van der Waals surface area contributed by atoms with E-state index in [1.165, 1.54) is 0 Å². The molecule has 2 heterocycles. The van der Waals surface area contributed by atoms with Gasteiger partial charge in [-0.1, -0.05) is 6.07 Å². The zero-order chi connectivity index (χ0) is 18.0. The average molecular weight is 343 g/mol. The predicted molar refractivity (Wildman–Crippen MR) is 99.3 cm³/mol. The van der Waals surface area contributed by atoms with Crippen LogP contribution >= 0.6 is 0 Å². The Kier molecular flexibility index (Phi) is 4.83. The maximum absolute atomic E-state index is 12.6. The van der Waals surface area contributed by atoms with Crippen LogP contribution in [-0.2, 0) is 20.1 Å². The minimum absolute atomic E-state index is 0.0668. The van der Waals surface area contributed by atoms with Crippen molar-refractivity contribution in [3.63, 3.8) is 0 Å². The third kappa shape index (κ3) is 3.14. The van der Waals surface area contributed by atoms with Crippen molar-refractivity contribution < 1.29 is 4.79 Å². The van der Waals surface area contributed by atoms with E-state index >= 15 is 0 Å². The summed E-state index contributed by atoms with van der Waals surface area (Å²) < 4.78 is 3.55. The van der Waals surface area contributed by atoms with E-state index in [2.05, 4.69) is 16.0 Å². The Labute approximate surface area is 147 Å². The first-order chi connectivity index (χ1) is 12.0. The molecular formula is C18H25N5O2. The predicted octanol–water partition coefficient (Wildman–Crippen LogP) is 1.67. The summed E-state index contributed by atoms with van der Waals surface area (Å²) in [7, 11) is 1.76. The molecule has 0 unspecified atom stereocenters. The fourth-order valence-electron chi connectivity index (χ4n) is 3.29. The monoisotopic (exact) mass is 343 g/mol. The van der Waals surface area contributed by atoms with E-state index in [0.717, 1.165) is 43.1 Å². The summed E-state index contributed by atoms with van der Waals surface area (Å²) in [5.74, 6) is 0.646. The Morgan fingerprint density at radius 3 is 2.92 bits per heavy atom. The van der Waals surface area contributed by atoms with Crippen molar-refractivity contribution in [3.8, 4) is 0 Å². The van der Waals surface area contributed by atoms with Gasteiger partial charge in [0.05, 0.1) is 12.1 Å². The Hall–Kier alpha value is -2.70. The molecule has 0 fully saturated rings. The van der Waals surface area contributed by atoms with E-state index in [0.29, 0.717) is 11.1 Å². The Balaban J connectivity index is 1.80. The second-order valence-corrected chi connectivity index (χ2v) is 6.25. The number of rotatable bonds is 5. The molecule has 0 aliphatic carbocycles. The molecule has 1 aliphatic rings. The maximum atomic E-state index is 12.6. The number of amides is 1. The highest BCUT2D eigenvalue weighted by molar-refractivity contribution is 5.97. The molecule has 7 heteroatoms. The second-order valence-electron chi connectivity index (χ2n) is 6.25. The number of benzene rings is 1. The molecule has 1 aromatic heterocycles. The molecule has 1 amide bonds. The normalized spacial score (nSPS) is 13.1. The minimum Gasteiger partial charge on any atom is -0.385 e. The van der Waals surface area contributed by atoms with Crippen molar-refractivity contribution in [1.29, 1.82) is 0 Å². The first-order valence-corrected chi connectivity index (χ1v) is 8.68. The average Bonchev–Trinajstić information content (AvgIpc) is 2.86. The topological polar surface area (TPSA) is 80.1 Å². The third-order valence-corrected chi connectivity index (χ3v) is 4.67. The van der Waals surface area contributed by atoms with Crippen LogP contribution in [-0.4, -0.2) is 28.4 Å². The summed E-state index contributed by atoms with van der Waals surface area (Å²) in [4.78, 5) is 25.1. The number of carbonyl (C=O) groups is 1. The van der Waals surface area contributed by atoms with Crippen LogP contribution in [0.15, 0.2) is 23.0 Å². The summed E-state index contributed by atoms with van der Waals surface area (Å²) in [6, 6.07) is 5.62. The van der Waals surface area contributed by atoms with E-state index in [4.69, 9.17) is 0 Å². The largest absolute Gasteiger partial charge is 0.385 e. The van der Waals surface area contributed by atoms with Gasteiger partial charge in [-0.05, 0) is 38.0 Å². The van der Waals surface area contributed by atoms with Crippen molar-refractivity contribution in [2.45, 2.75) is 33.4 Å².